The molecule has 1 radical (unpaired) electrons. The molecular weight excluding hydrogens is 371 g/mol. The number of hydrogen-bond donors (Lipinski definition) is 3. The van der Waals surface area contributed by atoms with Gasteiger partial charge in [-0.1, -0.05) is 0 Å². The van der Waals surface area contributed by atoms with Gasteiger partial charge in [0.1, 0.15) is 0 Å². The number of aromatic amines is 3. The van der Waals surface area contributed by atoms with Crippen molar-refractivity contribution in [3.8, 4) is 0 Å². The maximum absolute atomic E-state index is 10.2. The first-order valence-corrected chi connectivity index (χ1v) is 6.08. The Labute approximate surface area is 139 Å². The van der Waals surface area contributed by atoms with Crippen LogP contribution in [-0.2, 0) is 19.5 Å². The van der Waals surface area contributed by atoms with Crippen molar-refractivity contribution < 1.29 is 19.5 Å². The summed E-state index contributed by atoms with van der Waals surface area (Å²) >= 11 is 0. The SMILES string of the molecule is O=c1cc[nH]cc1.O=c1cc[nH]cc1.O=c1cc[nH]cc1.[Ru+3]. The maximum atomic E-state index is 10.2. The van der Waals surface area contributed by atoms with Crippen LogP contribution in [0.3, 0.4) is 0 Å². The van der Waals surface area contributed by atoms with Crippen molar-refractivity contribution in [1.82, 2.24) is 15.0 Å². The second kappa shape index (κ2) is 12.2. The van der Waals surface area contributed by atoms with Crippen molar-refractivity contribution in [3.05, 3.63) is 104 Å². The first-order valence-electron chi connectivity index (χ1n) is 6.08. The molecule has 0 amide bonds. The van der Waals surface area contributed by atoms with Gasteiger partial charge in [0, 0.05) is 73.6 Å². The molecule has 7 heteroatoms. The number of hydrogen-bond acceptors (Lipinski definition) is 3. The molecule has 0 aromatic carbocycles. The zero-order valence-electron chi connectivity index (χ0n) is 11.5. The molecule has 113 valence electrons. The predicted octanol–water partition coefficient (Wildman–Crippen LogP) is 1.12. The Balaban J connectivity index is 0.000000294. The van der Waals surface area contributed by atoms with Gasteiger partial charge in [-0.3, -0.25) is 14.4 Å². The minimum absolute atomic E-state index is 0. The molecule has 0 saturated carbocycles. The normalized spacial score (nSPS) is 8.18. The smallest absolute Gasteiger partial charge is 0.367 e. The number of H-pyrrole nitrogens is 3. The molecule has 3 N–H and O–H groups in total. The fraction of sp³-hybridized carbons (Fsp3) is 0. The van der Waals surface area contributed by atoms with Crippen LogP contribution >= 0.6 is 0 Å². The van der Waals surface area contributed by atoms with E-state index >= 15 is 0 Å². The Morgan fingerprint density at radius 2 is 0.636 bits per heavy atom. The minimum atomic E-state index is 0. The van der Waals surface area contributed by atoms with Crippen molar-refractivity contribution in [3.63, 3.8) is 0 Å². The largest absolute Gasteiger partial charge is 3.00 e. The summed E-state index contributed by atoms with van der Waals surface area (Å²) in [5, 5.41) is 0. The minimum Gasteiger partial charge on any atom is -0.367 e. The number of pyridine rings is 3. The summed E-state index contributed by atoms with van der Waals surface area (Å²) in [4.78, 5) is 38.9. The second-order valence-electron chi connectivity index (χ2n) is 3.71. The molecule has 3 aromatic heterocycles. The average Bonchev–Trinajstić information content (AvgIpc) is 2.51. The van der Waals surface area contributed by atoms with Crippen LogP contribution in [0.5, 0.6) is 0 Å². The molecule has 0 spiro atoms. The maximum Gasteiger partial charge on any atom is 3.00 e. The molecule has 0 atom stereocenters. The fourth-order valence-electron chi connectivity index (χ4n) is 1.11. The van der Waals surface area contributed by atoms with Crippen molar-refractivity contribution in [2.24, 2.45) is 0 Å². The molecule has 3 rings (SSSR count). The summed E-state index contributed by atoms with van der Waals surface area (Å²) in [6.45, 7) is 0. The van der Waals surface area contributed by atoms with Gasteiger partial charge in [-0.2, -0.15) is 0 Å². The Morgan fingerprint density at radius 1 is 0.455 bits per heavy atom. The summed E-state index contributed by atoms with van der Waals surface area (Å²) in [6.07, 6.45) is 9.60. The third kappa shape index (κ3) is 10.3. The van der Waals surface area contributed by atoms with Gasteiger partial charge in [-0.05, 0) is 0 Å². The molecule has 0 saturated heterocycles. The standard InChI is InChI=1S/3C5H5NO.Ru/c3*7-5-1-3-6-4-2-5;/h3*1-4H,(H,6,7);/q;;;+3. The number of aromatic nitrogens is 3. The van der Waals surface area contributed by atoms with Crippen LogP contribution in [0.15, 0.2) is 88.0 Å². The Kier molecular flexibility index (Phi) is 10.8. The predicted molar refractivity (Wildman–Crippen MR) is 81.2 cm³/mol. The van der Waals surface area contributed by atoms with Crippen molar-refractivity contribution in [1.29, 1.82) is 0 Å². The van der Waals surface area contributed by atoms with Crippen LogP contribution in [0.1, 0.15) is 0 Å². The molecule has 22 heavy (non-hydrogen) atoms. The first-order chi connectivity index (χ1) is 10.2. The summed E-state index contributed by atoms with van der Waals surface area (Å²) < 4.78 is 0. The number of rotatable bonds is 0. The van der Waals surface area contributed by atoms with Gasteiger partial charge in [0.05, 0.1) is 0 Å². The zero-order valence-corrected chi connectivity index (χ0v) is 13.2. The van der Waals surface area contributed by atoms with Crippen LogP contribution in [-0.4, -0.2) is 15.0 Å². The van der Waals surface area contributed by atoms with E-state index in [1.807, 2.05) is 0 Å². The molecular formula is C15H15N3O3Ru+3. The zero-order chi connectivity index (χ0) is 15.3. The van der Waals surface area contributed by atoms with Crippen molar-refractivity contribution >= 4 is 0 Å². The van der Waals surface area contributed by atoms with E-state index in [0.29, 0.717) is 0 Å². The van der Waals surface area contributed by atoms with E-state index in [2.05, 4.69) is 15.0 Å². The van der Waals surface area contributed by atoms with E-state index in [1.165, 1.54) is 36.4 Å². The molecule has 0 bridgehead atoms. The first kappa shape index (κ1) is 19.5. The van der Waals surface area contributed by atoms with Gasteiger partial charge in [0.25, 0.3) is 0 Å². The third-order valence-corrected chi connectivity index (χ3v) is 2.06. The summed E-state index contributed by atoms with van der Waals surface area (Å²) in [7, 11) is 0. The Hall–Kier alpha value is -2.53. The monoisotopic (exact) mass is 387 g/mol. The van der Waals surface area contributed by atoms with Gasteiger partial charge in [-0.15, -0.1) is 0 Å². The number of nitrogens with one attached hydrogen (secondary N) is 3. The van der Waals surface area contributed by atoms with E-state index in [4.69, 9.17) is 0 Å². The molecule has 6 nitrogen and oxygen atoms in total. The van der Waals surface area contributed by atoms with Crippen LogP contribution < -0.4 is 16.3 Å². The van der Waals surface area contributed by atoms with Crippen molar-refractivity contribution in [2.45, 2.75) is 0 Å². The second-order valence-corrected chi connectivity index (χ2v) is 3.71. The average molecular weight is 386 g/mol. The van der Waals surface area contributed by atoms with E-state index in [1.54, 1.807) is 37.2 Å². The molecule has 0 aliphatic rings. The van der Waals surface area contributed by atoms with Gasteiger partial charge in [0.2, 0.25) is 0 Å². The molecule has 0 aliphatic heterocycles. The van der Waals surface area contributed by atoms with Gasteiger partial charge < -0.3 is 15.0 Å². The third-order valence-electron chi connectivity index (χ3n) is 2.06. The van der Waals surface area contributed by atoms with Crippen LogP contribution in [0, 0.1) is 0 Å². The van der Waals surface area contributed by atoms with Gasteiger partial charge in [-0.25, -0.2) is 0 Å². The fourth-order valence-corrected chi connectivity index (χ4v) is 1.11. The van der Waals surface area contributed by atoms with Crippen molar-refractivity contribution in [2.75, 3.05) is 0 Å². The Morgan fingerprint density at radius 3 is 0.727 bits per heavy atom. The van der Waals surface area contributed by atoms with E-state index in [9.17, 15) is 14.4 Å². The summed E-state index contributed by atoms with van der Waals surface area (Å²) in [6, 6.07) is 8.83. The molecule has 3 aromatic rings. The molecule has 0 aliphatic carbocycles. The van der Waals surface area contributed by atoms with Crippen LogP contribution in [0.25, 0.3) is 0 Å². The Bertz CT molecular complexity index is 635. The quantitative estimate of drug-likeness (QED) is 0.505. The van der Waals surface area contributed by atoms with E-state index < -0.39 is 0 Å². The molecule has 3 heterocycles. The van der Waals surface area contributed by atoms with Crippen LogP contribution in [0.4, 0.5) is 0 Å². The molecule has 0 fully saturated rings. The van der Waals surface area contributed by atoms with Gasteiger partial charge >= 0.3 is 19.5 Å². The summed E-state index contributed by atoms with van der Waals surface area (Å²) in [5.74, 6) is 0. The van der Waals surface area contributed by atoms with Gasteiger partial charge in [0.15, 0.2) is 16.3 Å². The van der Waals surface area contributed by atoms with Crippen LogP contribution in [0.2, 0.25) is 0 Å². The van der Waals surface area contributed by atoms with E-state index in [-0.39, 0.29) is 35.8 Å². The molecule has 0 unspecified atom stereocenters. The summed E-state index contributed by atoms with van der Waals surface area (Å²) in [5.41, 5.74) is 0.122. The van der Waals surface area contributed by atoms with E-state index in [0.717, 1.165) is 0 Å². The topological polar surface area (TPSA) is 98.6 Å².